The SMILES string of the molecule is COCCN(Cc1cccs1)S(=O)(=O)c1ccc(N)cc1. The minimum absolute atomic E-state index is 0.240. The van der Waals surface area contributed by atoms with Gasteiger partial charge < -0.3 is 10.5 Å². The quantitative estimate of drug-likeness (QED) is 0.792. The van der Waals surface area contributed by atoms with E-state index >= 15 is 0 Å². The molecule has 21 heavy (non-hydrogen) atoms. The number of hydrogen-bond donors (Lipinski definition) is 1. The van der Waals surface area contributed by atoms with E-state index < -0.39 is 10.0 Å². The molecule has 0 aliphatic heterocycles. The number of nitrogen functional groups attached to an aromatic ring is 1. The molecule has 1 aromatic carbocycles. The molecule has 2 N–H and O–H groups in total. The normalized spacial score (nSPS) is 11.9. The Bertz CT molecular complexity index is 652. The Kier molecular flexibility index (Phi) is 5.35. The molecule has 1 aromatic heterocycles. The molecule has 0 unspecified atom stereocenters. The summed E-state index contributed by atoms with van der Waals surface area (Å²) in [5.74, 6) is 0. The van der Waals surface area contributed by atoms with Crippen LogP contribution in [0, 0.1) is 0 Å². The Hall–Kier alpha value is -1.41. The predicted molar refractivity (Wildman–Crippen MR) is 84.6 cm³/mol. The molecule has 7 heteroatoms. The molecule has 0 bridgehead atoms. The highest BCUT2D eigenvalue weighted by atomic mass is 32.2. The van der Waals surface area contributed by atoms with Gasteiger partial charge in [0.1, 0.15) is 0 Å². The molecule has 0 aliphatic carbocycles. The molecule has 0 saturated carbocycles. The Balaban J connectivity index is 2.27. The van der Waals surface area contributed by atoms with Crippen molar-refractivity contribution >= 4 is 27.0 Å². The highest BCUT2D eigenvalue weighted by Gasteiger charge is 2.24. The Morgan fingerprint density at radius 2 is 1.95 bits per heavy atom. The molecule has 0 atom stereocenters. The first-order chi connectivity index (χ1) is 10.0. The van der Waals surface area contributed by atoms with Gasteiger partial charge in [0.05, 0.1) is 11.5 Å². The average Bonchev–Trinajstić information content (AvgIpc) is 2.96. The zero-order valence-corrected chi connectivity index (χ0v) is 13.4. The molecule has 0 fully saturated rings. The van der Waals surface area contributed by atoms with Crippen LogP contribution in [0.5, 0.6) is 0 Å². The first-order valence-corrected chi connectivity index (χ1v) is 8.73. The number of benzene rings is 1. The first-order valence-electron chi connectivity index (χ1n) is 6.41. The molecule has 2 rings (SSSR count). The summed E-state index contributed by atoms with van der Waals surface area (Å²) in [5, 5.41) is 1.93. The van der Waals surface area contributed by atoms with E-state index in [1.807, 2.05) is 17.5 Å². The van der Waals surface area contributed by atoms with Gasteiger partial charge in [0.15, 0.2) is 0 Å². The van der Waals surface area contributed by atoms with Gasteiger partial charge in [-0.05, 0) is 35.7 Å². The molecular weight excluding hydrogens is 308 g/mol. The lowest BCUT2D eigenvalue weighted by molar-refractivity contribution is 0.177. The van der Waals surface area contributed by atoms with E-state index in [9.17, 15) is 8.42 Å². The molecule has 0 spiro atoms. The number of hydrogen-bond acceptors (Lipinski definition) is 5. The summed E-state index contributed by atoms with van der Waals surface area (Å²) in [5.41, 5.74) is 6.15. The third-order valence-corrected chi connectivity index (χ3v) is 5.70. The number of nitrogens with zero attached hydrogens (tertiary/aromatic N) is 1. The van der Waals surface area contributed by atoms with Gasteiger partial charge in [0.25, 0.3) is 0 Å². The zero-order chi connectivity index (χ0) is 15.3. The average molecular weight is 326 g/mol. The van der Waals surface area contributed by atoms with Crippen molar-refractivity contribution in [3.8, 4) is 0 Å². The molecule has 0 saturated heterocycles. The number of ether oxygens (including phenoxy) is 1. The summed E-state index contributed by atoms with van der Waals surface area (Å²) in [6, 6.07) is 10.1. The van der Waals surface area contributed by atoms with Gasteiger partial charge in [0, 0.05) is 30.8 Å². The van der Waals surface area contributed by atoms with Crippen molar-refractivity contribution in [1.82, 2.24) is 4.31 Å². The topological polar surface area (TPSA) is 72.6 Å². The maximum absolute atomic E-state index is 12.7. The van der Waals surface area contributed by atoms with E-state index in [4.69, 9.17) is 10.5 Å². The van der Waals surface area contributed by atoms with Crippen LogP contribution in [0.4, 0.5) is 5.69 Å². The second-order valence-corrected chi connectivity index (χ2v) is 7.45. The van der Waals surface area contributed by atoms with Crippen LogP contribution in [0.25, 0.3) is 0 Å². The number of sulfonamides is 1. The van der Waals surface area contributed by atoms with Gasteiger partial charge in [-0.25, -0.2) is 8.42 Å². The molecule has 5 nitrogen and oxygen atoms in total. The fraction of sp³-hybridized carbons (Fsp3) is 0.286. The minimum atomic E-state index is -3.56. The highest BCUT2D eigenvalue weighted by molar-refractivity contribution is 7.89. The van der Waals surface area contributed by atoms with Crippen molar-refractivity contribution < 1.29 is 13.2 Å². The van der Waals surface area contributed by atoms with Gasteiger partial charge in [0.2, 0.25) is 10.0 Å². The van der Waals surface area contributed by atoms with Gasteiger partial charge in [-0.15, -0.1) is 11.3 Å². The van der Waals surface area contributed by atoms with Crippen LogP contribution in [0.1, 0.15) is 4.88 Å². The minimum Gasteiger partial charge on any atom is -0.399 e. The predicted octanol–water partition coefficient (Wildman–Crippen LogP) is 2.17. The highest BCUT2D eigenvalue weighted by Crippen LogP contribution is 2.21. The fourth-order valence-corrected chi connectivity index (χ4v) is 4.05. The molecule has 0 aliphatic rings. The number of thiophene rings is 1. The van der Waals surface area contributed by atoms with Crippen LogP contribution in [-0.2, 0) is 21.3 Å². The van der Waals surface area contributed by atoms with Gasteiger partial charge in [-0.3, -0.25) is 0 Å². The Morgan fingerprint density at radius 3 is 2.52 bits per heavy atom. The maximum Gasteiger partial charge on any atom is 0.243 e. The second kappa shape index (κ2) is 7.04. The molecule has 0 amide bonds. The van der Waals surface area contributed by atoms with E-state index in [0.29, 0.717) is 25.4 Å². The van der Waals surface area contributed by atoms with Crippen molar-refractivity contribution in [2.24, 2.45) is 0 Å². The molecular formula is C14H18N2O3S2. The lowest BCUT2D eigenvalue weighted by atomic mass is 10.3. The fourth-order valence-electron chi connectivity index (χ4n) is 1.84. The lowest BCUT2D eigenvalue weighted by Crippen LogP contribution is -2.33. The van der Waals surface area contributed by atoms with Crippen molar-refractivity contribution in [2.75, 3.05) is 26.0 Å². The van der Waals surface area contributed by atoms with Gasteiger partial charge in [-0.1, -0.05) is 6.07 Å². The van der Waals surface area contributed by atoms with E-state index in [2.05, 4.69) is 0 Å². The summed E-state index contributed by atoms with van der Waals surface area (Å²) in [6.07, 6.45) is 0. The summed E-state index contributed by atoms with van der Waals surface area (Å²) in [6.45, 7) is 0.994. The van der Waals surface area contributed by atoms with Crippen LogP contribution in [-0.4, -0.2) is 33.0 Å². The summed E-state index contributed by atoms with van der Waals surface area (Å²) in [4.78, 5) is 1.23. The standard InChI is InChI=1S/C14H18N2O3S2/c1-19-9-8-16(11-13-3-2-10-20-13)21(17,18)14-6-4-12(15)5-7-14/h2-7,10H,8-9,11,15H2,1H3. The van der Waals surface area contributed by atoms with Crippen LogP contribution >= 0.6 is 11.3 Å². The Labute approximate surface area is 129 Å². The van der Waals surface area contributed by atoms with Crippen LogP contribution in [0.15, 0.2) is 46.7 Å². The van der Waals surface area contributed by atoms with E-state index in [1.165, 1.54) is 27.8 Å². The van der Waals surface area contributed by atoms with Crippen molar-refractivity contribution in [2.45, 2.75) is 11.4 Å². The smallest absolute Gasteiger partial charge is 0.243 e. The Morgan fingerprint density at radius 1 is 1.24 bits per heavy atom. The van der Waals surface area contributed by atoms with Crippen LogP contribution in [0.3, 0.4) is 0 Å². The van der Waals surface area contributed by atoms with Gasteiger partial charge in [-0.2, -0.15) is 4.31 Å². The lowest BCUT2D eigenvalue weighted by Gasteiger charge is -2.21. The van der Waals surface area contributed by atoms with E-state index in [0.717, 1.165) is 4.88 Å². The number of nitrogens with two attached hydrogens (primary N) is 1. The molecule has 1 heterocycles. The maximum atomic E-state index is 12.7. The molecule has 2 aromatic rings. The van der Waals surface area contributed by atoms with Crippen LogP contribution < -0.4 is 5.73 Å². The number of rotatable bonds is 7. The summed E-state index contributed by atoms with van der Waals surface area (Å²) >= 11 is 1.53. The van der Waals surface area contributed by atoms with Gasteiger partial charge >= 0.3 is 0 Å². The number of methoxy groups -OCH3 is 1. The third kappa shape index (κ3) is 4.04. The van der Waals surface area contributed by atoms with Crippen molar-refractivity contribution in [3.05, 3.63) is 46.7 Å². The third-order valence-electron chi connectivity index (χ3n) is 2.97. The first kappa shape index (κ1) is 16.0. The zero-order valence-electron chi connectivity index (χ0n) is 11.7. The van der Waals surface area contributed by atoms with Crippen molar-refractivity contribution in [3.63, 3.8) is 0 Å². The summed E-state index contributed by atoms with van der Waals surface area (Å²) < 4.78 is 31.9. The molecule has 114 valence electrons. The van der Waals surface area contributed by atoms with Crippen molar-refractivity contribution in [1.29, 1.82) is 0 Å². The summed E-state index contributed by atoms with van der Waals surface area (Å²) in [7, 11) is -2.01. The molecule has 0 radical (unpaired) electrons. The van der Waals surface area contributed by atoms with Crippen LogP contribution in [0.2, 0.25) is 0 Å². The number of anilines is 1. The van der Waals surface area contributed by atoms with E-state index in [-0.39, 0.29) is 4.90 Å². The van der Waals surface area contributed by atoms with E-state index in [1.54, 1.807) is 19.2 Å². The largest absolute Gasteiger partial charge is 0.399 e. The second-order valence-electron chi connectivity index (χ2n) is 4.48. The monoisotopic (exact) mass is 326 g/mol.